The second-order valence-electron chi connectivity index (χ2n) is 4.24. The van der Waals surface area contributed by atoms with Gasteiger partial charge in [0.25, 0.3) is 5.91 Å². The van der Waals surface area contributed by atoms with Crippen molar-refractivity contribution in [2.75, 3.05) is 10.6 Å². The van der Waals surface area contributed by atoms with Gasteiger partial charge in [-0.2, -0.15) is 13.2 Å². The number of para-hydroxylation sites is 1. The molecule has 19 heavy (non-hydrogen) atoms. The van der Waals surface area contributed by atoms with E-state index in [4.69, 9.17) is 5.11 Å². The summed E-state index contributed by atoms with van der Waals surface area (Å²) < 4.78 is 38.7. The molecule has 0 bridgehead atoms. The molecule has 8 heteroatoms. The lowest BCUT2D eigenvalue weighted by Gasteiger charge is -2.37. The molecule has 0 radical (unpaired) electrons. The molecule has 0 aliphatic carbocycles. The quantitative estimate of drug-likeness (QED) is 0.732. The van der Waals surface area contributed by atoms with Gasteiger partial charge in [-0.3, -0.25) is 4.79 Å². The molecule has 1 aromatic rings. The number of carboxylic acid groups (broad SMARTS) is 1. The Kier molecular flexibility index (Phi) is 2.69. The minimum atomic E-state index is -4.81. The van der Waals surface area contributed by atoms with Crippen LogP contribution in [0.4, 0.5) is 24.5 Å². The van der Waals surface area contributed by atoms with Crippen LogP contribution in [0.3, 0.4) is 0 Å². The lowest BCUT2D eigenvalue weighted by molar-refractivity contribution is -0.179. The van der Waals surface area contributed by atoms with Gasteiger partial charge in [-0.1, -0.05) is 6.07 Å². The van der Waals surface area contributed by atoms with E-state index < -0.39 is 23.6 Å². The fraction of sp³-hybridized carbons (Fsp3) is 0.273. The number of nitrogens with one attached hydrogen (secondary N) is 2. The molecule has 5 nitrogen and oxygen atoms in total. The first-order valence-corrected chi connectivity index (χ1v) is 5.19. The third-order valence-electron chi connectivity index (χ3n) is 2.94. The maximum atomic E-state index is 12.9. The highest BCUT2D eigenvalue weighted by molar-refractivity contribution is 6.11. The van der Waals surface area contributed by atoms with Crippen LogP contribution in [-0.4, -0.2) is 28.7 Å². The number of amides is 1. The molecule has 1 aliphatic rings. The number of alkyl halides is 3. The number of hydrogen-bond donors (Lipinski definition) is 3. The molecule has 1 aliphatic heterocycles. The number of hydrogen-bond acceptors (Lipinski definition) is 3. The molecule has 1 amide bonds. The van der Waals surface area contributed by atoms with E-state index >= 15 is 0 Å². The number of carboxylic acids is 1. The first kappa shape index (κ1) is 13.2. The third-order valence-corrected chi connectivity index (χ3v) is 2.94. The summed E-state index contributed by atoms with van der Waals surface area (Å²) in [7, 11) is 0. The number of benzene rings is 1. The molecule has 0 saturated heterocycles. The summed E-state index contributed by atoms with van der Waals surface area (Å²) in [5.74, 6) is -2.68. The molecule has 0 aromatic heterocycles. The fourth-order valence-corrected chi connectivity index (χ4v) is 1.73. The second kappa shape index (κ2) is 3.87. The Bertz CT molecular complexity index is 571. The Labute approximate surface area is 105 Å². The van der Waals surface area contributed by atoms with Crippen LogP contribution in [0.5, 0.6) is 0 Å². The normalized spacial score (nSPS) is 22.2. The number of carbonyl (C=O) groups is 2. The number of fused-ring (bicyclic) bond motifs is 1. The predicted octanol–water partition coefficient (Wildman–Crippen LogP) is 2.07. The fourth-order valence-electron chi connectivity index (χ4n) is 1.73. The molecule has 0 saturated carbocycles. The van der Waals surface area contributed by atoms with Crippen LogP contribution in [0.2, 0.25) is 0 Å². The van der Waals surface area contributed by atoms with Crippen LogP contribution >= 0.6 is 0 Å². The molecule has 3 N–H and O–H groups in total. The van der Waals surface area contributed by atoms with Gasteiger partial charge in [0.2, 0.25) is 5.54 Å². The van der Waals surface area contributed by atoms with Crippen molar-refractivity contribution >= 4 is 23.3 Å². The highest BCUT2D eigenvalue weighted by atomic mass is 19.4. The first-order valence-electron chi connectivity index (χ1n) is 5.19. The van der Waals surface area contributed by atoms with Gasteiger partial charge in [0.15, 0.2) is 0 Å². The number of carbonyl (C=O) groups excluding carboxylic acids is 1. The topological polar surface area (TPSA) is 78.4 Å². The van der Waals surface area contributed by atoms with Crippen LogP contribution in [0.1, 0.15) is 17.3 Å². The van der Waals surface area contributed by atoms with Gasteiger partial charge in [-0.05, 0) is 19.1 Å². The van der Waals surface area contributed by atoms with E-state index in [-0.39, 0.29) is 16.9 Å². The van der Waals surface area contributed by atoms with Crippen molar-refractivity contribution in [2.24, 2.45) is 0 Å². The van der Waals surface area contributed by atoms with E-state index in [0.717, 1.165) is 0 Å². The van der Waals surface area contributed by atoms with Gasteiger partial charge >= 0.3 is 12.1 Å². The van der Waals surface area contributed by atoms with E-state index in [2.05, 4.69) is 5.32 Å². The second-order valence-corrected chi connectivity index (χ2v) is 4.24. The molecule has 1 aromatic carbocycles. The first-order chi connectivity index (χ1) is 8.67. The van der Waals surface area contributed by atoms with E-state index in [1.54, 1.807) is 0 Å². The number of halogens is 3. The van der Waals surface area contributed by atoms with Gasteiger partial charge in [-0.15, -0.1) is 0 Å². The van der Waals surface area contributed by atoms with E-state index in [1.807, 2.05) is 5.32 Å². The van der Waals surface area contributed by atoms with Crippen LogP contribution in [0.15, 0.2) is 18.2 Å². The smallest absolute Gasteiger partial charge is 0.420 e. The van der Waals surface area contributed by atoms with Crippen molar-refractivity contribution in [3.8, 4) is 0 Å². The number of rotatable bonds is 1. The minimum absolute atomic E-state index is 0.0840. The zero-order chi connectivity index (χ0) is 14.4. The number of aromatic carboxylic acids is 1. The molecular weight excluding hydrogens is 265 g/mol. The van der Waals surface area contributed by atoms with Gasteiger partial charge in [0.1, 0.15) is 0 Å². The average molecular weight is 274 g/mol. The monoisotopic (exact) mass is 274 g/mol. The zero-order valence-electron chi connectivity index (χ0n) is 9.63. The van der Waals surface area contributed by atoms with Crippen molar-refractivity contribution in [1.29, 1.82) is 0 Å². The Hall–Kier alpha value is -2.25. The Morgan fingerprint density at radius 3 is 2.53 bits per heavy atom. The van der Waals surface area contributed by atoms with Crippen molar-refractivity contribution in [2.45, 2.75) is 18.6 Å². The van der Waals surface area contributed by atoms with Crippen molar-refractivity contribution < 1.29 is 27.9 Å². The third kappa shape index (κ3) is 1.88. The van der Waals surface area contributed by atoms with E-state index in [1.165, 1.54) is 18.2 Å². The van der Waals surface area contributed by atoms with E-state index in [0.29, 0.717) is 6.92 Å². The summed E-state index contributed by atoms with van der Waals surface area (Å²) in [6, 6.07) is 3.76. The Balaban J connectivity index is 2.55. The molecular formula is C11H9F3N2O3. The highest BCUT2D eigenvalue weighted by Gasteiger charge is 2.59. The predicted molar refractivity (Wildman–Crippen MR) is 60.1 cm³/mol. The standard InChI is InChI=1S/C11H9F3N2O3/c1-10(11(12,13)14)9(19)15-7-5(8(17)18)3-2-4-6(7)16-10/h2-4,16H,1H3,(H,15,19)(H,17,18). The van der Waals surface area contributed by atoms with Gasteiger partial charge in [0.05, 0.1) is 16.9 Å². The molecule has 2 rings (SSSR count). The van der Waals surface area contributed by atoms with Gasteiger partial charge in [0, 0.05) is 0 Å². The minimum Gasteiger partial charge on any atom is -0.478 e. The van der Waals surface area contributed by atoms with Crippen LogP contribution < -0.4 is 10.6 Å². The van der Waals surface area contributed by atoms with Crippen LogP contribution in [0.25, 0.3) is 0 Å². The Morgan fingerprint density at radius 2 is 2.00 bits per heavy atom. The van der Waals surface area contributed by atoms with Crippen LogP contribution in [-0.2, 0) is 4.79 Å². The summed E-state index contributed by atoms with van der Waals surface area (Å²) in [6.07, 6.45) is -4.81. The van der Waals surface area contributed by atoms with Gasteiger partial charge in [-0.25, -0.2) is 4.79 Å². The number of anilines is 2. The molecule has 1 heterocycles. The molecule has 1 atom stereocenters. The van der Waals surface area contributed by atoms with Gasteiger partial charge < -0.3 is 15.7 Å². The summed E-state index contributed by atoms with van der Waals surface area (Å²) in [4.78, 5) is 22.6. The highest BCUT2D eigenvalue weighted by Crippen LogP contribution is 2.41. The van der Waals surface area contributed by atoms with Crippen molar-refractivity contribution in [1.82, 2.24) is 0 Å². The summed E-state index contributed by atoms with van der Waals surface area (Å²) in [5, 5.41) is 13.0. The largest absolute Gasteiger partial charge is 0.478 e. The molecule has 0 spiro atoms. The van der Waals surface area contributed by atoms with E-state index in [9.17, 15) is 22.8 Å². The Morgan fingerprint density at radius 1 is 1.37 bits per heavy atom. The van der Waals surface area contributed by atoms with Crippen molar-refractivity contribution in [3.05, 3.63) is 23.8 Å². The summed E-state index contributed by atoms with van der Waals surface area (Å²) >= 11 is 0. The maximum absolute atomic E-state index is 12.9. The SMILES string of the molecule is CC1(C(F)(F)F)Nc2cccc(C(=O)O)c2NC1=O. The molecule has 1 unspecified atom stereocenters. The molecule has 0 fully saturated rings. The zero-order valence-corrected chi connectivity index (χ0v) is 9.63. The summed E-state index contributed by atoms with van der Waals surface area (Å²) in [5.41, 5.74) is -3.32. The lowest BCUT2D eigenvalue weighted by atomic mass is 9.95. The maximum Gasteiger partial charge on any atom is 0.420 e. The lowest BCUT2D eigenvalue weighted by Crippen LogP contribution is -2.60. The summed E-state index contributed by atoms with van der Waals surface area (Å²) in [6.45, 7) is 0.693. The van der Waals surface area contributed by atoms with Crippen LogP contribution in [0, 0.1) is 0 Å². The van der Waals surface area contributed by atoms with Crippen molar-refractivity contribution in [3.63, 3.8) is 0 Å². The average Bonchev–Trinajstić information content (AvgIpc) is 2.28. The molecule has 102 valence electrons.